The van der Waals surface area contributed by atoms with Crippen molar-refractivity contribution in [3.63, 3.8) is 0 Å². The number of pyridine rings is 1. The van der Waals surface area contributed by atoms with Crippen molar-refractivity contribution in [3.8, 4) is 5.75 Å². The van der Waals surface area contributed by atoms with E-state index in [1.807, 2.05) is 53.6 Å². The number of rotatable bonds is 4. The van der Waals surface area contributed by atoms with Crippen LogP contribution < -0.4 is 4.74 Å². The van der Waals surface area contributed by atoms with Crippen LogP contribution in [0.5, 0.6) is 5.75 Å². The summed E-state index contributed by atoms with van der Waals surface area (Å²) in [4.78, 5) is 22.2. The molecular weight excluding hydrogens is 314 g/mol. The van der Waals surface area contributed by atoms with E-state index >= 15 is 0 Å². The van der Waals surface area contributed by atoms with Gasteiger partial charge in [0.15, 0.2) is 0 Å². The molecule has 1 fully saturated rings. The van der Waals surface area contributed by atoms with Crippen molar-refractivity contribution >= 4 is 16.9 Å². The number of nitrogens with zero attached hydrogens (tertiary/aromatic N) is 2. The molecule has 5 nitrogen and oxygen atoms in total. The normalized spacial score (nSPS) is 14.6. The fourth-order valence-electron chi connectivity index (χ4n) is 3.21. The first-order chi connectivity index (χ1) is 12.3. The maximum atomic E-state index is 12.6. The van der Waals surface area contributed by atoms with Crippen molar-refractivity contribution in [3.05, 3.63) is 59.9 Å². The van der Waals surface area contributed by atoms with Crippen molar-refractivity contribution in [1.82, 2.24) is 14.9 Å². The summed E-state index contributed by atoms with van der Waals surface area (Å²) in [6, 6.07) is 13.4. The Bertz CT molecular complexity index is 881. The molecule has 0 unspecified atom stereocenters. The van der Waals surface area contributed by atoms with Gasteiger partial charge in [0.2, 0.25) is 0 Å². The maximum absolute atomic E-state index is 12.6. The molecule has 2 aromatic heterocycles. The number of likely N-dealkylation sites (tertiary alicyclic amines) is 1. The highest BCUT2D eigenvalue weighted by molar-refractivity contribution is 5.94. The average molecular weight is 335 g/mol. The van der Waals surface area contributed by atoms with E-state index < -0.39 is 0 Å². The number of nitrogens with one attached hydrogen (secondary N) is 1. The number of ether oxygens (including phenoxy) is 1. The predicted octanol–water partition coefficient (Wildman–Crippen LogP) is 3.77. The number of hydrogen-bond acceptors (Lipinski definition) is 3. The van der Waals surface area contributed by atoms with Crippen LogP contribution in [0, 0.1) is 0 Å². The minimum absolute atomic E-state index is 0.0936. The summed E-state index contributed by atoms with van der Waals surface area (Å²) >= 11 is 0. The molecule has 0 spiro atoms. The molecule has 25 heavy (non-hydrogen) atoms. The zero-order chi connectivity index (χ0) is 17.1. The summed E-state index contributed by atoms with van der Waals surface area (Å²) in [5.74, 6) is 0.785. The summed E-state index contributed by atoms with van der Waals surface area (Å²) < 4.78 is 5.85. The lowest BCUT2D eigenvalue weighted by molar-refractivity contribution is 0.0724. The molecule has 0 atom stereocenters. The van der Waals surface area contributed by atoms with Crippen molar-refractivity contribution < 1.29 is 9.53 Å². The van der Waals surface area contributed by atoms with Crippen LogP contribution in [0.1, 0.15) is 35.3 Å². The first-order valence-electron chi connectivity index (χ1n) is 8.75. The van der Waals surface area contributed by atoms with Gasteiger partial charge in [-0.3, -0.25) is 4.79 Å². The Morgan fingerprint density at radius 1 is 1.12 bits per heavy atom. The molecule has 1 aliphatic rings. The van der Waals surface area contributed by atoms with Gasteiger partial charge >= 0.3 is 0 Å². The number of fused-ring (bicyclic) bond motifs is 1. The maximum Gasteiger partial charge on any atom is 0.253 e. The van der Waals surface area contributed by atoms with Crippen LogP contribution in [0.4, 0.5) is 0 Å². The van der Waals surface area contributed by atoms with Gasteiger partial charge in [0.1, 0.15) is 18.0 Å². The second kappa shape index (κ2) is 6.97. The number of carbonyl (C=O) groups is 1. The molecule has 4 rings (SSSR count). The Hall–Kier alpha value is -2.82. The molecule has 3 aromatic rings. The average Bonchev–Trinajstić information content (AvgIpc) is 3.14. The zero-order valence-electron chi connectivity index (χ0n) is 14.1. The molecule has 1 N–H and O–H groups in total. The van der Waals surface area contributed by atoms with E-state index in [9.17, 15) is 4.79 Å². The fraction of sp³-hybridized carbons (Fsp3) is 0.300. The standard InChI is InChI=1S/C20H21N3O2/c24-20(23-11-2-1-3-12-23)16-5-4-6-18(13-16)25-14-17-8-7-15-9-10-21-19(15)22-17/h4-10,13H,1-3,11-12,14H2,(H,21,22). The minimum Gasteiger partial charge on any atom is -0.487 e. The van der Waals surface area contributed by atoms with Gasteiger partial charge in [-0.15, -0.1) is 0 Å². The van der Waals surface area contributed by atoms with Crippen LogP contribution >= 0.6 is 0 Å². The highest BCUT2D eigenvalue weighted by Crippen LogP contribution is 2.19. The second-order valence-corrected chi connectivity index (χ2v) is 6.39. The summed E-state index contributed by atoms with van der Waals surface area (Å²) in [6.07, 6.45) is 5.27. The Kier molecular flexibility index (Phi) is 4.37. The predicted molar refractivity (Wildman–Crippen MR) is 96.6 cm³/mol. The number of aromatic nitrogens is 2. The topological polar surface area (TPSA) is 58.2 Å². The van der Waals surface area contributed by atoms with Gasteiger partial charge in [-0.1, -0.05) is 6.07 Å². The van der Waals surface area contributed by atoms with Crippen LogP contribution in [-0.4, -0.2) is 33.9 Å². The van der Waals surface area contributed by atoms with Crippen molar-refractivity contribution in [2.75, 3.05) is 13.1 Å². The smallest absolute Gasteiger partial charge is 0.253 e. The van der Waals surface area contributed by atoms with E-state index in [0.29, 0.717) is 17.9 Å². The molecule has 0 saturated carbocycles. The first-order valence-corrected chi connectivity index (χ1v) is 8.75. The molecular formula is C20H21N3O2. The molecule has 1 aliphatic heterocycles. The molecule has 0 radical (unpaired) electrons. The number of benzene rings is 1. The number of hydrogen-bond donors (Lipinski definition) is 1. The van der Waals surface area contributed by atoms with Gasteiger partial charge in [-0.25, -0.2) is 4.98 Å². The zero-order valence-corrected chi connectivity index (χ0v) is 14.1. The molecule has 1 aromatic carbocycles. The lowest BCUT2D eigenvalue weighted by Gasteiger charge is -2.26. The van der Waals surface area contributed by atoms with Crippen LogP contribution in [0.3, 0.4) is 0 Å². The van der Waals surface area contributed by atoms with E-state index in [-0.39, 0.29) is 5.91 Å². The van der Waals surface area contributed by atoms with E-state index in [0.717, 1.165) is 42.7 Å². The van der Waals surface area contributed by atoms with Crippen molar-refractivity contribution in [2.45, 2.75) is 25.9 Å². The molecule has 128 valence electrons. The Labute approximate surface area is 146 Å². The molecule has 1 amide bonds. The lowest BCUT2D eigenvalue weighted by atomic mass is 10.1. The van der Waals surface area contributed by atoms with E-state index in [1.165, 1.54) is 6.42 Å². The SMILES string of the molecule is O=C(c1cccc(OCc2ccc3cc[nH]c3n2)c1)N1CCCCC1. The van der Waals surface area contributed by atoms with Crippen LogP contribution in [0.15, 0.2) is 48.7 Å². The Balaban J connectivity index is 1.44. The van der Waals surface area contributed by atoms with Crippen LogP contribution in [0.2, 0.25) is 0 Å². The van der Waals surface area contributed by atoms with Crippen LogP contribution in [-0.2, 0) is 6.61 Å². The van der Waals surface area contributed by atoms with Gasteiger partial charge in [0.05, 0.1) is 5.69 Å². The lowest BCUT2D eigenvalue weighted by Crippen LogP contribution is -2.35. The van der Waals surface area contributed by atoms with Gasteiger partial charge in [0, 0.05) is 30.2 Å². The highest BCUT2D eigenvalue weighted by atomic mass is 16.5. The molecule has 0 aliphatic carbocycles. The highest BCUT2D eigenvalue weighted by Gasteiger charge is 2.18. The fourth-order valence-corrected chi connectivity index (χ4v) is 3.21. The number of aromatic amines is 1. The van der Waals surface area contributed by atoms with E-state index in [1.54, 1.807) is 0 Å². The van der Waals surface area contributed by atoms with Gasteiger partial charge in [-0.2, -0.15) is 0 Å². The minimum atomic E-state index is 0.0936. The van der Waals surface area contributed by atoms with Crippen molar-refractivity contribution in [1.29, 1.82) is 0 Å². The second-order valence-electron chi connectivity index (χ2n) is 6.39. The number of piperidine rings is 1. The number of amides is 1. The summed E-state index contributed by atoms with van der Waals surface area (Å²) in [7, 11) is 0. The van der Waals surface area contributed by atoms with E-state index in [4.69, 9.17) is 4.74 Å². The summed E-state index contributed by atoms with van der Waals surface area (Å²) in [5.41, 5.74) is 2.39. The summed E-state index contributed by atoms with van der Waals surface area (Å²) in [5, 5.41) is 1.08. The molecule has 5 heteroatoms. The van der Waals surface area contributed by atoms with Gasteiger partial charge in [-0.05, 0) is 55.7 Å². The van der Waals surface area contributed by atoms with Gasteiger partial charge < -0.3 is 14.6 Å². The monoisotopic (exact) mass is 335 g/mol. The largest absolute Gasteiger partial charge is 0.487 e. The Morgan fingerprint density at radius 3 is 2.88 bits per heavy atom. The summed E-state index contributed by atoms with van der Waals surface area (Å²) in [6.45, 7) is 2.07. The Morgan fingerprint density at radius 2 is 2.00 bits per heavy atom. The molecule has 3 heterocycles. The third-order valence-corrected chi connectivity index (χ3v) is 4.58. The molecule has 0 bridgehead atoms. The first kappa shape index (κ1) is 15.7. The van der Waals surface area contributed by atoms with Crippen molar-refractivity contribution in [2.24, 2.45) is 0 Å². The number of H-pyrrole nitrogens is 1. The quantitative estimate of drug-likeness (QED) is 0.789. The molecule has 1 saturated heterocycles. The van der Waals surface area contributed by atoms with E-state index in [2.05, 4.69) is 9.97 Å². The number of carbonyl (C=O) groups excluding carboxylic acids is 1. The van der Waals surface area contributed by atoms with Crippen LogP contribution in [0.25, 0.3) is 11.0 Å². The third-order valence-electron chi connectivity index (χ3n) is 4.58. The third kappa shape index (κ3) is 3.50. The van der Waals surface area contributed by atoms with Gasteiger partial charge in [0.25, 0.3) is 5.91 Å².